The molecule has 0 saturated carbocycles. The van der Waals surface area contributed by atoms with E-state index in [0.717, 1.165) is 12.1 Å². The number of hydrogen-bond acceptors (Lipinski definition) is 4. The Balaban J connectivity index is 2.21. The van der Waals surface area contributed by atoms with Gasteiger partial charge in [0.1, 0.15) is 5.75 Å². The molecule has 0 spiro atoms. The largest absolute Gasteiger partial charge is 0.573 e. The first kappa shape index (κ1) is 17.2. The molecule has 0 fully saturated rings. The molecule has 2 aromatic rings. The van der Waals surface area contributed by atoms with Crippen LogP contribution >= 0.6 is 0 Å². The van der Waals surface area contributed by atoms with Crippen molar-refractivity contribution in [1.29, 1.82) is 0 Å². The van der Waals surface area contributed by atoms with Crippen molar-refractivity contribution in [2.45, 2.75) is 24.2 Å². The van der Waals surface area contributed by atoms with Gasteiger partial charge in [0.05, 0.1) is 4.90 Å². The van der Waals surface area contributed by atoms with Gasteiger partial charge in [-0.05, 0) is 30.7 Å². The van der Waals surface area contributed by atoms with Gasteiger partial charge in [0.2, 0.25) is 10.0 Å². The topological polar surface area (TPSA) is 68.3 Å². The summed E-state index contributed by atoms with van der Waals surface area (Å²) in [6.45, 7) is 1.60. The summed E-state index contributed by atoms with van der Waals surface area (Å²) in [5, 5.41) is 0. The van der Waals surface area contributed by atoms with E-state index in [1.165, 1.54) is 18.3 Å². The molecule has 0 bridgehead atoms. The van der Waals surface area contributed by atoms with Crippen molar-refractivity contribution in [2.75, 3.05) is 0 Å². The van der Waals surface area contributed by atoms with E-state index in [2.05, 4.69) is 14.4 Å². The predicted molar refractivity (Wildman–Crippen MR) is 76.1 cm³/mol. The first-order chi connectivity index (χ1) is 10.7. The van der Waals surface area contributed by atoms with Crippen molar-refractivity contribution in [3.05, 3.63) is 54.4 Å². The summed E-state index contributed by atoms with van der Waals surface area (Å²) in [6, 6.07) is 6.93. The van der Waals surface area contributed by atoms with E-state index in [1.807, 2.05) is 0 Å². The molecule has 9 heteroatoms. The molecule has 1 heterocycles. The number of nitrogens with one attached hydrogen (secondary N) is 1. The summed E-state index contributed by atoms with van der Waals surface area (Å²) in [5.74, 6) is -0.602. The van der Waals surface area contributed by atoms with E-state index >= 15 is 0 Å². The first-order valence-electron chi connectivity index (χ1n) is 6.45. The average molecular weight is 346 g/mol. The maximum absolute atomic E-state index is 12.3. The number of pyridine rings is 1. The highest BCUT2D eigenvalue weighted by molar-refractivity contribution is 7.89. The number of aromatic nitrogens is 1. The van der Waals surface area contributed by atoms with Gasteiger partial charge in [0.15, 0.2) is 0 Å². The quantitative estimate of drug-likeness (QED) is 0.904. The molecule has 0 unspecified atom stereocenters. The van der Waals surface area contributed by atoms with Crippen LogP contribution in [0.4, 0.5) is 13.2 Å². The minimum absolute atomic E-state index is 0.324. The summed E-state index contributed by atoms with van der Waals surface area (Å²) < 4.78 is 67.3. The lowest BCUT2D eigenvalue weighted by Crippen LogP contribution is -2.27. The third-order valence-electron chi connectivity index (χ3n) is 2.87. The number of halogens is 3. The molecule has 5 nitrogen and oxygen atoms in total. The summed E-state index contributed by atoms with van der Waals surface area (Å²) in [6.07, 6.45) is -1.85. The minimum atomic E-state index is -4.89. The highest BCUT2D eigenvalue weighted by Crippen LogP contribution is 2.25. The number of rotatable bonds is 5. The molecule has 1 aromatic heterocycles. The van der Waals surface area contributed by atoms with Crippen LogP contribution in [0, 0.1) is 0 Å². The Hall–Kier alpha value is -2.13. The van der Waals surface area contributed by atoms with E-state index < -0.39 is 28.2 Å². The normalized spacial score (nSPS) is 13.6. The van der Waals surface area contributed by atoms with Crippen molar-refractivity contribution >= 4 is 10.0 Å². The highest BCUT2D eigenvalue weighted by Gasteiger charge is 2.31. The second-order valence-electron chi connectivity index (χ2n) is 4.65. The fourth-order valence-electron chi connectivity index (χ4n) is 1.84. The van der Waals surface area contributed by atoms with Crippen LogP contribution < -0.4 is 9.46 Å². The molecule has 0 amide bonds. The molecule has 1 N–H and O–H groups in total. The van der Waals surface area contributed by atoms with Gasteiger partial charge in [-0.15, -0.1) is 13.2 Å². The van der Waals surface area contributed by atoms with E-state index in [0.29, 0.717) is 5.56 Å². The Labute approximate surface area is 131 Å². The van der Waals surface area contributed by atoms with Crippen molar-refractivity contribution in [3.8, 4) is 5.75 Å². The van der Waals surface area contributed by atoms with Crippen molar-refractivity contribution < 1.29 is 26.3 Å². The zero-order valence-corrected chi connectivity index (χ0v) is 12.7. The second-order valence-corrected chi connectivity index (χ2v) is 6.37. The van der Waals surface area contributed by atoms with Crippen molar-refractivity contribution in [3.63, 3.8) is 0 Å². The highest BCUT2D eigenvalue weighted by atomic mass is 32.2. The standard InChI is InChI=1S/C14H13F3N2O3S/c1-10(11-4-3-7-18-9-11)19-23(20,21)13-6-2-5-12(8-13)22-14(15,16)17/h2-10,19H,1H3/t10-/m1/s1. The molecule has 1 aromatic carbocycles. The fourth-order valence-corrected chi connectivity index (χ4v) is 3.11. The van der Waals surface area contributed by atoms with Gasteiger partial charge in [-0.1, -0.05) is 12.1 Å². The molecule has 0 aliphatic heterocycles. The fraction of sp³-hybridized carbons (Fsp3) is 0.214. The van der Waals surface area contributed by atoms with E-state index in [9.17, 15) is 21.6 Å². The van der Waals surface area contributed by atoms with E-state index in [-0.39, 0.29) is 4.90 Å². The predicted octanol–water partition coefficient (Wildman–Crippen LogP) is 3.02. The number of hydrogen-bond donors (Lipinski definition) is 1. The molecule has 2 rings (SSSR count). The van der Waals surface area contributed by atoms with Gasteiger partial charge in [-0.25, -0.2) is 13.1 Å². The summed E-state index contributed by atoms with van der Waals surface area (Å²) in [7, 11) is -4.01. The van der Waals surface area contributed by atoms with Crippen LogP contribution in [0.5, 0.6) is 5.75 Å². The molecule has 23 heavy (non-hydrogen) atoms. The lowest BCUT2D eigenvalue weighted by atomic mass is 10.2. The summed E-state index contributed by atoms with van der Waals surface area (Å²) in [4.78, 5) is 3.56. The van der Waals surface area contributed by atoms with E-state index in [4.69, 9.17) is 0 Å². The smallest absolute Gasteiger partial charge is 0.406 e. The summed E-state index contributed by atoms with van der Waals surface area (Å²) in [5.41, 5.74) is 0.624. The van der Waals surface area contributed by atoms with Gasteiger partial charge < -0.3 is 4.74 Å². The van der Waals surface area contributed by atoms with Crippen LogP contribution in [0.25, 0.3) is 0 Å². The second kappa shape index (κ2) is 6.55. The Morgan fingerprint density at radius 2 is 1.96 bits per heavy atom. The Morgan fingerprint density at radius 3 is 2.57 bits per heavy atom. The van der Waals surface area contributed by atoms with Crippen LogP contribution in [0.15, 0.2) is 53.7 Å². The maximum Gasteiger partial charge on any atom is 0.573 e. The average Bonchev–Trinajstić information content (AvgIpc) is 2.46. The maximum atomic E-state index is 12.3. The molecule has 0 aliphatic carbocycles. The van der Waals surface area contributed by atoms with Gasteiger partial charge >= 0.3 is 6.36 Å². The molecule has 0 aliphatic rings. The Bertz CT molecular complexity index is 764. The zero-order valence-electron chi connectivity index (χ0n) is 11.9. The first-order valence-corrected chi connectivity index (χ1v) is 7.94. The monoisotopic (exact) mass is 346 g/mol. The number of ether oxygens (including phenoxy) is 1. The third kappa shape index (κ3) is 4.93. The van der Waals surface area contributed by atoms with Gasteiger partial charge in [0.25, 0.3) is 0 Å². The number of sulfonamides is 1. The molecule has 0 saturated heterocycles. The molecular weight excluding hydrogens is 333 g/mol. The SMILES string of the molecule is C[C@@H](NS(=O)(=O)c1cccc(OC(F)(F)F)c1)c1cccnc1. The van der Waals surface area contributed by atoms with Gasteiger partial charge in [-0.3, -0.25) is 4.98 Å². The van der Waals surface area contributed by atoms with Crippen LogP contribution in [0.3, 0.4) is 0 Å². The van der Waals surface area contributed by atoms with Gasteiger partial charge in [-0.2, -0.15) is 0 Å². The molecular formula is C14H13F3N2O3S. The number of nitrogens with zero attached hydrogens (tertiary/aromatic N) is 1. The minimum Gasteiger partial charge on any atom is -0.406 e. The van der Waals surface area contributed by atoms with Gasteiger partial charge in [0, 0.05) is 24.5 Å². The van der Waals surface area contributed by atoms with Crippen LogP contribution in [0.2, 0.25) is 0 Å². The Morgan fingerprint density at radius 1 is 1.22 bits per heavy atom. The zero-order chi connectivity index (χ0) is 17.1. The Kier molecular flexibility index (Phi) is 4.90. The molecule has 0 radical (unpaired) electrons. The van der Waals surface area contributed by atoms with Crippen LogP contribution in [0.1, 0.15) is 18.5 Å². The van der Waals surface area contributed by atoms with Crippen LogP contribution in [-0.4, -0.2) is 19.8 Å². The molecule has 1 atom stereocenters. The van der Waals surface area contributed by atoms with Crippen molar-refractivity contribution in [2.24, 2.45) is 0 Å². The summed E-state index contributed by atoms with van der Waals surface area (Å²) >= 11 is 0. The molecule has 124 valence electrons. The number of benzene rings is 1. The lowest BCUT2D eigenvalue weighted by molar-refractivity contribution is -0.274. The third-order valence-corrected chi connectivity index (χ3v) is 4.40. The van der Waals surface area contributed by atoms with E-state index in [1.54, 1.807) is 25.3 Å². The van der Waals surface area contributed by atoms with Crippen LogP contribution in [-0.2, 0) is 10.0 Å². The number of alkyl halides is 3. The lowest BCUT2D eigenvalue weighted by Gasteiger charge is -2.15. The van der Waals surface area contributed by atoms with Crippen molar-refractivity contribution in [1.82, 2.24) is 9.71 Å².